The number of nitrogens with one attached hydrogen (secondary N) is 2. The number of carbonyl (C=O) groups excluding carboxylic acids is 1. The molecule has 2 heterocycles. The Morgan fingerprint density at radius 3 is 2.91 bits per heavy atom. The molecule has 120 valence electrons. The molecule has 1 fully saturated rings. The van der Waals surface area contributed by atoms with E-state index >= 15 is 0 Å². The standard InChI is InChI=1S/C13H15Br2N3O4/c1-7(19)16-9-4-11(22-10(9)5-15)18-6-8(2-3-14)12(20)17-13(18)21/h2-3,6,9-11H,4-5H2,1H3,(H,16,19)(H,17,20,21)/b3-2+/t9-,10+,11+/m0/s1. The van der Waals surface area contributed by atoms with Crippen molar-refractivity contribution in [2.75, 3.05) is 5.33 Å². The Hall–Kier alpha value is -1.19. The van der Waals surface area contributed by atoms with E-state index in [2.05, 4.69) is 42.2 Å². The van der Waals surface area contributed by atoms with Crippen LogP contribution in [-0.2, 0) is 9.53 Å². The fraction of sp³-hybridized carbons (Fsp3) is 0.462. The van der Waals surface area contributed by atoms with Gasteiger partial charge in [-0.05, 0) is 11.1 Å². The molecule has 1 aliphatic rings. The quantitative estimate of drug-likeness (QED) is 0.691. The maximum Gasteiger partial charge on any atom is 0.330 e. The van der Waals surface area contributed by atoms with Crippen LogP contribution in [-0.4, -0.2) is 32.9 Å². The van der Waals surface area contributed by atoms with Gasteiger partial charge in [-0.3, -0.25) is 19.1 Å². The Kier molecular flexibility index (Phi) is 5.76. The third-order valence-electron chi connectivity index (χ3n) is 3.33. The van der Waals surface area contributed by atoms with Gasteiger partial charge in [-0.2, -0.15) is 0 Å². The van der Waals surface area contributed by atoms with Crippen molar-refractivity contribution < 1.29 is 9.53 Å². The summed E-state index contributed by atoms with van der Waals surface area (Å²) < 4.78 is 7.14. The number of amides is 1. The summed E-state index contributed by atoms with van der Waals surface area (Å²) in [6.07, 6.45) is 2.63. The van der Waals surface area contributed by atoms with Crippen molar-refractivity contribution >= 4 is 43.8 Å². The van der Waals surface area contributed by atoms with Gasteiger partial charge in [0.25, 0.3) is 5.56 Å². The number of hydrogen-bond acceptors (Lipinski definition) is 4. The maximum absolute atomic E-state index is 12.0. The lowest BCUT2D eigenvalue weighted by Crippen LogP contribution is -2.39. The van der Waals surface area contributed by atoms with Crippen molar-refractivity contribution in [3.05, 3.63) is 37.6 Å². The van der Waals surface area contributed by atoms with Crippen LogP contribution in [0.4, 0.5) is 0 Å². The van der Waals surface area contributed by atoms with Crippen molar-refractivity contribution in [1.82, 2.24) is 14.9 Å². The first-order valence-corrected chi connectivity index (χ1v) is 8.60. The molecule has 3 atom stereocenters. The van der Waals surface area contributed by atoms with E-state index in [1.807, 2.05) is 0 Å². The summed E-state index contributed by atoms with van der Waals surface area (Å²) in [5.41, 5.74) is -0.678. The van der Waals surface area contributed by atoms with Gasteiger partial charge < -0.3 is 10.1 Å². The first-order chi connectivity index (χ1) is 10.5. The summed E-state index contributed by atoms with van der Waals surface area (Å²) >= 11 is 6.44. The molecule has 7 nitrogen and oxygen atoms in total. The molecule has 0 aromatic carbocycles. The normalized spacial score (nSPS) is 24.8. The number of H-pyrrole nitrogens is 1. The van der Waals surface area contributed by atoms with Crippen molar-refractivity contribution in [2.24, 2.45) is 0 Å². The molecule has 0 radical (unpaired) electrons. The van der Waals surface area contributed by atoms with Gasteiger partial charge in [0.2, 0.25) is 5.91 Å². The highest BCUT2D eigenvalue weighted by atomic mass is 79.9. The topological polar surface area (TPSA) is 93.2 Å². The zero-order valence-corrected chi connectivity index (χ0v) is 14.9. The minimum Gasteiger partial charge on any atom is -0.352 e. The molecule has 22 heavy (non-hydrogen) atoms. The van der Waals surface area contributed by atoms with E-state index in [-0.39, 0.29) is 18.1 Å². The molecule has 2 N–H and O–H groups in total. The second-order valence-electron chi connectivity index (χ2n) is 4.87. The second kappa shape index (κ2) is 7.38. The Labute approximate surface area is 143 Å². The summed E-state index contributed by atoms with van der Waals surface area (Å²) in [5.74, 6) is -0.156. The van der Waals surface area contributed by atoms with E-state index < -0.39 is 17.5 Å². The summed E-state index contributed by atoms with van der Waals surface area (Å²) in [6.45, 7) is 1.43. The molecule has 0 aliphatic carbocycles. The average molecular weight is 437 g/mol. The van der Waals surface area contributed by atoms with Crippen LogP contribution >= 0.6 is 31.9 Å². The highest BCUT2D eigenvalue weighted by molar-refractivity contribution is 9.11. The molecule has 1 aliphatic heterocycles. The second-order valence-corrected chi connectivity index (χ2v) is 6.05. The van der Waals surface area contributed by atoms with E-state index in [4.69, 9.17) is 4.74 Å². The summed E-state index contributed by atoms with van der Waals surface area (Å²) in [5, 5.41) is 3.34. The predicted molar refractivity (Wildman–Crippen MR) is 89.2 cm³/mol. The lowest BCUT2D eigenvalue weighted by molar-refractivity contribution is -0.120. The van der Waals surface area contributed by atoms with Crippen molar-refractivity contribution in [3.63, 3.8) is 0 Å². The maximum atomic E-state index is 12.0. The highest BCUT2D eigenvalue weighted by Crippen LogP contribution is 2.28. The van der Waals surface area contributed by atoms with Crippen LogP contribution in [0.25, 0.3) is 6.08 Å². The lowest BCUT2D eigenvalue weighted by atomic mass is 10.1. The first-order valence-electron chi connectivity index (χ1n) is 6.57. The molecule has 0 unspecified atom stereocenters. The molecule has 1 aromatic heterocycles. The Morgan fingerprint density at radius 1 is 1.59 bits per heavy atom. The van der Waals surface area contributed by atoms with Crippen LogP contribution in [0.15, 0.2) is 20.8 Å². The Balaban J connectivity index is 2.32. The number of aromatic amines is 1. The summed E-state index contributed by atoms with van der Waals surface area (Å²) in [7, 11) is 0. The summed E-state index contributed by atoms with van der Waals surface area (Å²) in [4.78, 5) is 38.7. The van der Waals surface area contributed by atoms with Gasteiger partial charge in [-0.25, -0.2) is 4.79 Å². The van der Waals surface area contributed by atoms with Gasteiger partial charge in [0, 0.05) is 24.9 Å². The molecule has 1 saturated heterocycles. The third kappa shape index (κ3) is 3.76. The molecule has 1 amide bonds. The monoisotopic (exact) mass is 435 g/mol. The van der Waals surface area contributed by atoms with Crippen molar-refractivity contribution in [1.29, 1.82) is 0 Å². The fourth-order valence-electron chi connectivity index (χ4n) is 2.36. The molecule has 2 rings (SSSR count). The first kappa shape index (κ1) is 17.2. The molecule has 9 heteroatoms. The molecule has 0 spiro atoms. The van der Waals surface area contributed by atoms with Crippen LogP contribution in [0, 0.1) is 0 Å². The van der Waals surface area contributed by atoms with Gasteiger partial charge >= 0.3 is 5.69 Å². The predicted octanol–water partition coefficient (Wildman–Crippen LogP) is 1.09. The van der Waals surface area contributed by atoms with Crippen LogP contribution in [0.2, 0.25) is 0 Å². The van der Waals surface area contributed by atoms with E-state index in [1.165, 1.54) is 28.7 Å². The average Bonchev–Trinajstić information content (AvgIpc) is 2.83. The molecule has 0 bridgehead atoms. The van der Waals surface area contributed by atoms with Crippen molar-refractivity contribution in [3.8, 4) is 0 Å². The lowest BCUT2D eigenvalue weighted by Gasteiger charge is -2.16. The number of carbonyl (C=O) groups is 1. The highest BCUT2D eigenvalue weighted by Gasteiger charge is 2.36. The zero-order valence-electron chi connectivity index (χ0n) is 11.7. The van der Waals surface area contributed by atoms with E-state index in [0.717, 1.165) is 0 Å². The van der Waals surface area contributed by atoms with E-state index in [1.54, 1.807) is 0 Å². The van der Waals surface area contributed by atoms with Crippen molar-refractivity contribution in [2.45, 2.75) is 31.7 Å². The van der Waals surface area contributed by atoms with E-state index in [0.29, 0.717) is 17.3 Å². The fourth-order valence-corrected chi connectivity index (χ4v) is 3.25. The number of nitrogens with zero attached hydrogens (tertiary/aromatic N) is 1. The number of hydrogen-bond donors (Lipinski definition) is 2. The SMILES string of the molecule is CC(=O)N[C@H]1C[C@H](n2cc(/C=C/Br)c(=O)[nH]c2=O)O[C@@H]1CBr. The molecular formula is C13H15Br2N3O4. The molecule has 1 aromatic rings. The Morgan fingerprint density at radius 2 is 2.32 bits per heavy atom. The molecule has 0 saturated carbocycles. The number of ether oxygens (including phenoxy) is 1. The van der Waals surface area contributed by atoms with Crippen LogP contribution in [0.1, 0.15) is 25.1 Å². The van der Waals surface area contributed by atoms with Crippen LogP contribution in [0.5, 0.6) is 0 Å². The number of halogens is 2. The van der Waals surface area contributed by atoms with Crippen LogP contribution in [0.3, 0.4) is 0 Å². The van der Waals surface area contributed by atoms with Gasteiger partial charge in [-0.15, -0.1) is 0 Å². The summed E-state index contributed by atoms with van der Waals surface area (Å²) in [6, 6.07) is -0.198. The Bertz CT molecular complexity index is 697. The minimum atomic E-state index is -0.550. The smallest absolute Gasteiger partial charge is 0.330 e. The van der Waals surface area contributed by atoms with Gasteiger partial charge in [0.05, 0.1) is 17.7 Å². The number of alkyl halides is 1. The molecular weight excluding hydrogens is 422 g/mol. The minimum absolute atomic E-state index is 0.156. The van der Waals surface area contributed by atoms with Gasteiger partial charge in [-0.1, -0.05) is 31.9 Å². The third-order valence-corrected chi connectivity index (χ3v) is 4.23. The number of rotatable bonds is 4. The van der Waals surface area contributed by atoms with E-state index in [9.17, 15) is 14.4 Å². The number of aromatic nitrogens is 2. The van der Waals surface area contributed by atoms with Crippen LogP contribution < -0.4 is 16.6 Å². The van der Waals surface area contributed by atoms with Gasteiger partial charge in [0.15, 0.2) is 0 Å². The largest absolute Gasteiger partial charge is 0.352 e. The van der Waals surface area contributed by atoms with Gasteiger partial charge in [0.1, 0.15) is 6.23 Å². The zero-order chi connectivity index (χ0) is 16.3.